The predicted octanol–water partition coefficient (Wildman–Crippen LogP) is 2.52. The van der Waals surface area contributed by atoms with Crippen LogP contribution in [0.5, 0.6) is 5.75 Å². The fraction of sp³-hybridized carbons (Fsp3) is 0.375. The number of hydrogen-bond donors (Lipinski definition) is 0. The molecule has 0 fully saturated rings. The normalized spacial score (nSPS) is 11.5. The van der Waals surface area contributed by atoms with Gasteiger partial charge in [-0.05, 0) is 15.9 Å². The summed E-state index contributed by atoms with van der Waals surface area (Å²) in [6, 6.07) is 1.03. The Morgan fingerprint density at radius 2 is 2.13 bits per heavy atom. The summed E-state index contributed by atoms with van der Waals surface area (Å²) in [4.78, 5) is 11.0. The molecule has 84 valence electrons. The number of methoxy groups -OCH3 is 1. The van der Waals surface area contributed by atoms with E-state index in [-0.39, 0.29) is 10.2 Å². The van der Waals surface area contributed by atoms with Crippen LogP contribution in [0.1, 0.15) is 5.76 Å². The average Bonchev–Trinajstić information content (AvgIpc) is 2.08. The van der Waals surface area contributed by atoms with Crippen LogP contribution in [-0.4, -0.2) is 13.3 Å². The molecule has 1 aromatic heterocycles. The van der Waals surface area contributed by atoms with Crippen molar-refractivity contribution in [1.82, 2.24) is 0 Å². The lowest BCUT2D eigenvalue weighted by molar-refractivity contribution is -0.130. The first-order chi connectivity index (χ1) is 6.83. The average molecular weight is 287 g/mol. The minimum atomic E-state index is -4.42. The van der Waals surface area contributed by atoms with E-state index in [1.54, 1.807) is 0 Å². The lowest BCUT2D eigenvalue weighted by Crippen LogP contribution is -2.14. The monoisotopic (exact) mass is 286 g/mol. The smallest absolute Gasteiger partial charge is 0.396 e. The molecule has 0 N–H and O–H groups in total. The maximum Gasteiger partial charge on any atom is 0.396 e. The number of halogens is 4. The number of alkyl halides is 3. The van der Waals surface area contributed by atoms with Crippen LogP contribution < -0.4 is 10.4 Å². The summed E-state index contributed by atoms with van der Waals surface area (Å²) in [6.45, 7) is 0. The van der Waals surface area contributed by atoms with Crippen LogP contribution in [0, 0.1) is 0 Å². The third-order valence-corrected chi connectivity index (χ3v) is 2.22. The maximum absolute atomic E-state index is 12.0. The van der Waals surface area contributed by atoms with Gasteiger partial charge < -0.3 is 9.15 Å². The van der Waals surface area contributed by atoms with E-state index in [2.05, 4.69) is 20.3 Å². The predicted molar refractivity (Wildman–Crippen MR) is 49.0 cm³/mol. The van der Waals surface area contributed by atoms with Gasteiger partial charge in [0.2, 0.25) is 0 Å². The lowest BCUT2D eigenvalue weighted by atomic mass is 10.3. The van der Waals surface area contributed by atoms with Crippen LogP contribution in [-0.2, 0) is 6.42 Å². The largest absolute Gasteiger partial charge is 0.495 e. The minimum Gasteiger partial charge on any atom is -0.495 e. The second kappa shape index (κ2) is 4.26. The highest BCUT2D eigenvalue weighted by Gasteiger charge is 2.30. The Morgan fingerprint density at radius 3 is 2.60 bits per heavy atom. The molecule has 1 heterocycles. The molecule has 3 nitrogen and oxygen atoms in total. The van der Waals surface area contributed by atoms with Crippen LogP contribution in [0.4, 0.5) is 13.2 Å². The van der Waals surface area contributed by atoms with Crippen LogP contribution in [0.25, 0.3) is 0 Å². The number of rotatable bonds is 2. The van der Waals surface area contributed by atoms with Gasteiger partial charge in [0.1, 0.15) is 22.4 Å². The standard InChI is InChI=1S/C8H6BrF3O3/c1-14-5-2-4(3-8(10,11)12)15-7(13)6(5)9/h2H,3H2,1H3. The fourth-order valence-corrected chi connectivity index (χ4v) is 1.29. The van der Waals surface area contributed by atoms with Crippen LogP contribution in [0.2, 0.25) is 0 Å². The van der Waals surface area contributed by atoms with Gasteiger partial charge in [-0.25, -0.2) is 4.79 Å². The van der Waals surface area contributed by atoms with Gasteiger partial charge in [-0.3, -0.25) is 0 Å². The van der Waals surface area contributed by atoms with Gasteiger partial charge >= 0.3 is 11.8 Å². The second-order valence-electron chi connectivity index (χ2n) is 2.67. The van der Waals surface area contributed by atoms with Crippen molar-refractivity contribution in [3.05, 3.63) is 26.7 Å². The van der Waals surface area contributed by atoms with Gasteiger partial charge in [-0.1, -0.05) is 0 Å². The molecule has 0 spiro atoms. The van der Waals surface area contributed by atoms with E-state index >= 15 is 0 Å². The first-order valence-electron chi connectivity index (χ1n) is 3.77. The first-order valence-corrected chi connectivity index (χ1v) is 4.56. The zero-order chi connectivity index (χ0) is 11.6. The summed E-state index contributed by atoms with van der Waals surface area (Å²) >= 11 is 2.84. The molecule has 0 aliphatic heterocycles. The number of hydrogen-bond acceptors (Lipinski definition) is 3. The third kappa shape index (κ3) is 3.26. The van der Waals surface area contributed by atoms with Gasteiger partial charge in [0, 0.05) is 6.07 Å². The molecule has 7 heteroatoms. The molecule has 1 rings (SSSR count). The van der Waals surface area contributed by atoms with Crippen molar-refractivity contribution in [2.24, 2.45) is 0 Å². The highest BCUT2D eigenvalue weighted by atomic mass is 79.9. The Kier molecular flexibility index (Phi) is 3.43. The lowest BCUT2D eigenvalue weighted by Gasteiger charge is -2.07. The molecule has 0 bridgehead atoms. The molecule has 0 aliphatic rings. The topological polar surface area (TPSA) is 39.4 Å². The van der Waals surface area contributed by atoms with Gasteiger partial charge in [0.05, 0.1) is 7.11 Å². The van der Waals surface area contributed by atoms with Crippen molar-refractivity contribution < 1.29 is 22.3 Å². The highest BCUT2D eigenvalue weighted by molar-refractivity contribution is 9.10. The molecule has 0 saturated heterocycles. The van der Waals surface area contributed by atoms with Crippen molar-refractivity contribution in [3.8, 4) is 5.75 Å². The molecule has 0 atom stereocenters. The van der Waals surface area contributed by atoms with E-state index in [0.29, 0.717) is 0 Å². The summed E-state index contributed by atoms with van der Waals surface area (Å²) in [5, 5.41) is 0. The first kappa shape index (κ1) is 12.1. The molecule has 15 heavy (non-hydrogen) atoms. The van der Waals surface area contributed by atoms with Crippen LogP contribution in [0.3, 0.4) is 0 Å². The molecule has 1 aromatic rings. The highest BCUT2D eigenvalue weighted by Crippen LogP contribution is 2.26. The Morgan fingerprint density at radius 1 is 1.53 bits per heavy atom. The van der Waals surface area contributed by atoms with Crippen molar-refractivity contribution in [2.75, 3.05) is 7.11 Å². The van der Waals surface area contributed by atoms with Gasteiger partial charge in [-0.2, -0.15) is 13.2 Å². The summed E-state index contributed by atoms with van der Waals surface area (Å²) in [5.41, 5.74) is -0.895. The van der Waals surface area contributed by atoms with Crippen LogP contribution in [0.15, 0.2) is 19.8 Å². The zero-order valence-corrected chi connectivity index (χ0v) is 9.11. The maximum atomic E-state index is 12.0. The fourth-order valence-electron chi connectivity index (χ4n) is 0.937. The van der Waals surface area contributed by atoms with Crippen molar-refractivity contribution in [3.63, 3.8) is 0 Å². The Labute approximate surface area is 91.0 Å². The summed E-state index contributed by atoms with van der Waals surface area (Å²) in [6.07, 6.45) is -5.72. The molecule has 0 unspecified atom stereocenters. The third-order valence-electron chi connectivity index (χ3n) is 1.51. The minimum absolute atomic E-state index is 0.0190. The molecule has 0 aromatic carbocycles. The van der Waals surface area contributed by atoms with E-state index in [1.807, 2.05) is 0 Å². The Balaban J connectivity index is 3.12. The van der Waals surface area contributed by atoms with E-state index in [9.17, 15) is 18.0 Å². The molecular formula is C8H6BrF3O3. The Hall–Kier alpha value is -0.980. The molecular weight excluding hydrogens is 281 g/mol. The SMILES string of the molecule is COc1cc(CC(F)(F)F)oc(=O)c1Br. The van der Waals surface area contributed by atoms with E-state index < -0.39 is 24.0 Å². The van der Waals surface area contributed by atoms with E-state index in [1.165, 1.54) is 7.11 Å². The summed E-state index contributed by atoms with van der Waals surface area (Å²) in [7, 11) is 1.25. The van der Waals surface area contributed by atoms with E-state index in [0.717, 1.165) is 6.07 Å². The molecule has 0 amide bonds. The number of ether oxygens (including phenoxy) is 1. The summed E-state index contributed by atoms with van der Waals surface area (Å²) in [5.74, 6) is -0.460. The van der Waals surface area contributed by atoms with Crippen molar-refractivity contribution in [1.29, 1.82) is 0 Å². The van der Waals surface area contributed by atoms with Gasteiger partial charge in [-0.15, -0.1) is 0 Å². The summed E-state index contributed by atoms with van der Waals surface area (Å²) < 4.78 is 45.1. The van der Waals surface area contributed by atoms with Crippen molar-refractivity contribution in [2.45, 2.75) is 12.6 Å². The molecule has 0 aliphatic carbocycles. The molecule has 0 radical (unpaired) electrons. The Bertz CT molecular complexity index is 411. The van der Waals surface area contributed by atoms with Crippen molar-refractivity contribution >= 4 is 15.9 Å². The second-order valence-corrected chi connectivity index (χ2v) is 3.47. The van der Waals surface area contributed by atoms with Gasteiger partial charge in [0.15, 0.2) is 0 Å². The van der Waals surface area contributed by atoms with Gasteiger partial charge in [0.25, 0.3) is 0 Å². The van der Waals surface area contributed by atoms with Crippen LogP contribution >= 0.6 is 15.9 Å². The molecule has 0 saturated carbocycles. The zero-order valence-electron chi connectivity index (χ0n) is 7.52. The quantitative estimate of drug-likeness (QED) is 0.839. The van der Waals surface area contributed by atoms with E-state index in [4.69, 9.17) is 4.74 Å².